The average molecular weight is 693 g/mol. The first-order valence-corrected chi connectivity index (χ1v) is 16.4. The van der Waals surface area contributed by atoms with Crippen LogP contribution in [0.15, 0.2) is 66.4 Å². The number of piperidine rings is 1. The highest BCUT2D eigenvalue weighted by Crippen LogP contribution is 2.25. The molecule has 2 heterocycles. The zero-order chi connectivity index (χ0) is 36.7. The summed E-state index contributed by atoms with van der Waals surface area (Å²) in [6, 6.07) is 8.18. The third kappa shape index (κ3) is 8.84. The lowest BCUT2D eigenvalue weighted by Crippen LogP contribution is -2.65. The third-order valence-corrected chi connectivity index (χ3v) is 8.87. The van der Waals surface area contributed by atoms with Gasteiger partial charge in [-0.05, 0) is 56.9 Å². The van der Waals surface area contributed by atoms with Crippen LogP contribution in [0, 0.1) is 0 Å². The number of aromatic hydroxyl groups is 1. The van der Waals surface area contributed by atoms with Crippen LogP contribution in [0.1, 0.15) is 44.7 Å². The topological polar surface area (TPSA) is 218 Å². The summed E-state index contributed by atoms with van der Waals surface area (Å²) in [6.45, 7) is 4.08. The number of nitrogens with one attached hydrogen (secondary N) is 4. The van der Waals surface area contributed by atoms with Crippen LogP contribution in [-0.2, 0) is 41.6 Å². The highest BCUT2D eigenvalue weighted by Gasteiger charge is 2.44. The molecule has 6 amide bonds. The summed E-state index contributed by atoms with van der Waals surface area (Å²) in [5.41, 5.74) is 0.949. The Morgan fingerprint density at radius 3 is 2.06 bits per heavy atom. The maximum atomic E-state index is 14.5. The minimum absolute atomic E-state index is 0.00156. The van der Waals surface area contributed by atoms with Crippen LogP contribution in [0.5, 0.6) is 5.75 Å². The standard InChI is InChI=1S/C35H44N6O9/c1-5-24-31(46)38-25-15-16-28(44)41(34(25)49)27(18-21-9-7-6-8-10-21)35(50)40(4)26(17-22-11-13-23(43)14-12-22)32(47)36-19(2)30(45)39-29(20(3)42)33(48)37-24/h5-14,19-20,25-29,42-44H,15-18H2,1-4H3,(H,36,47)(H,37,48)(H,38,46)(H,39,45)/b24-5-/t19-,20+,25-,26-,27-,28+,29-/m0/s1. The van der Waals surface area contributed by atoms with Gasteiger partial charge in [0.25, 0.3) is 5.91 Å². The fourth-order valence-electron chi connectivity index (χ4n) is 5.96. The number of phenols is 1. The molecule has 2 bridgehead atoms. The molecule has 2 aliphatic rings. The Bertz CT molecular complexity index is 1610. The van der Waals surface area contributed by atoms with Gasteiger partial charge < -0.3 is 46.4 Å². The number of carbonyl (C=O) groups excluding carboxylic acids is 6. The lowest BCUT2D eigenvalue weighted by molar-refractivity contribution is -0.164. The summed E-state index contributed by atoms with van der Waals surface area (Å²) in [6.07, 6.45) is -1.64. The van der Waals surface area contributed by atoms with Gasteiger partial charge in [0, 0.05) is 19.9 Å². The Hall–Kier alpha value is -5.28. The van der Waals surface area contributed by atoms with Crippen LogP contribution in [0.4, 0.5) is 0 Å². The van der Waals surface area contributed by atoms with Gasteiger partial charge in [-0.3, -0.25) is 28.8 Å². The van der Waals surface area contributed by atoms with Gasteiger partial charge >= 0.3 is 0 Å². The van der Waals surface area contributed by atoms with E-state index in [0.29, 0.717) is 11.1 Å². The van der Waals surface area contributed by atoms with Crippen LogP contribution in [0.2, 0.25) is 0 Å². The van der Waals surface area contributed by atoms with Gasteiger partial charge in [-0.25, -0.2) is 0 Å². The van der Waals surface area contributed by atoms with Gasteiger partial charge in [0.2, 0.25) is 29.5 Å². The van der Waals surface area contributed by atoms with E-state index in [1.807, 2.05) is 0 Å². The summed E-state index contributed by atoms with van der Waals surface area (Å²) >= 11 is 0. The van der Waals surface area contributed by atoms with Crippen molar-refractivity contribution in [3.8, 4) is 5.75 Å². The van der Waals surface area contributed by atoms with E-state index in [4.69, 9.17) is 0 Å². The lowest BCUT2D eigenvalue weighted by Gasteiger charge is -2.43. The molecule has 4 rings (SSSR count). The second-order valence-corrected chi connectivity index (χ2v) is 12.5. The van der Waals surface area contributed by atoms with Crippen molar-refractivity contribution in [1.29, 1.82) is 0 Å². The molecule has 2 saturated heterocycles. The van der Waals surface area contributed by atoms with E-state index >= 15 is 0 Å². The van der Waals surface area contributed by atoms with Crippen molar-refractivity contribution in [3.05, 3.63) is 77.5 Å². The first kappa shape index (κ1) is 37.5. The summed E-state index contributed by atoms with van der Waals surface area (Å²) < 4.78 is 0. The Labute approximate surface area is 289 Å². The van der Waals surface area contributed by atoms with E-state index in [0.717, 1.165) is 9.80 Å². The molecule has 0 unspecified atom stereocenters. The van der Waals surface area contributed by atoms with Gasteiger partial charge in [0.15, 0.2) is 0 Å². The Kier molecular flexibility index (Phi) is 12.3. The molecule has 0 spiro atoms. The minimum Gasteiger partial charge on any atom is -0.508 e. The van der Waals surface area contributed by atoms with Crippen LogP contribution in [-0.4, -0.2) is 110 Å². The molecule has 0 aliphatic carbocycles. The number of benzene rings is 2. The molecular weight excluding hydrogens is 648 g/mol. The van der Waals surface area contributed by atoms with Gasteiger partial charge in [-0.2, -0.15) is 0 Å². The van der Waals surface area contributed by atoms with E-state index in [-0.39, 0.29) is 37.1 Å². The number of fused-ring (bicyclic) bond motifs is 2. The number of phenolic OH excluding ortho intramolecular Hbond substituents is 1. The minimum atomic E-state index is -1.54. The molecule has 15 heteroatoms. The van der Waals surface area contributed by atoms with Gasteiger partial charge in [0.1, 0.15) is 47.9 Å². The van der Waals surface area contributed by atoms with Crippen LogP contribution >= 0.6 is 0 Å². The molecule has 268 valence electrons. The number of aliphatic hydroxyl groups excluding tert-OH is 2. The van der Waals surface area contributed by atoms with E-state index in [1.165, 1.54) is 46.0 Å². The fourth-order valence-corrected chi connectivity index (χ4v) is 5.96. The van der Waals surface area contributed by atoms with E-state index in [2.05, 4.69) is 21.3 Å². The smallest absolute Gasteiger partial charge is 0.268 e. The number of nitrogens with zero attached hydrogens (tertiary/aromatic N) is 2. The van der Waals surface area contributed by atoms with E-state index < -0.39 is 78.0 Å². The molecule has 0 saturated carbocycles. The van der Waals surface area contributed by atoms with Gasteiger partial charge in [0.05, 0.1) is 6.10 Å². The Morgan fingerprint density at radius 1 is 0.820 bits per heavy atom. The van der Waals surface area contributed by atoms with Crippen LogP contribution in [0.3, 0.4) is 0 Å². The predicted octanol–water partition coefficient (Wildman–Crippen LogP) is -0.797. The molecule has 7 N–H and O–H groups in total. The first-order chi connectivity index (χ1) is 23.7. The number of likely N-dealkylation sites (N-methyl/N-ethyl adjacent to an activating group) is 1. The number of hydrogen-bond acceptors (Lipinski definition) is 9. The maximum absolute atomic E-state index is 14.5. The SMILES string of the molecule is C/C=C1\NC(=O)[C@H]([C@@H](C)O)NC(=O)[C@H](C)NC(=O)[C@H](Cc2ccc(O)cc2)N(C)C(=O)[C@H](Cc2ccccc2)N2C(=O)[C@H](CC[C@H]2O)NC1=O. The second kappa shape index (κ2) is 16.4. The quantitative estimate of drug-likeness (QED) is 0.195. The van der Waals surface area contributed by atoms with Crippen LogP contribution < -0.4 is 21.3 Å². The molecule has 2 aromatic rings. The Morgan fingerprint density at radius 2 is 1.44 bits per heavy atom. The number of carbonyl (C=O) groups is 6. The van der Waals surface area contributed by atoms with E-state index in [9.17, 15) is 44.1 Å². The first-order valence-electron chi connectivity index (χ1n) is 16.4. The number of allylic oxidation sites excluding steroid dienone is 1. The predicted molar refractivity (Wildman–Crippen MR) is 179 cm³/mol. The molecule has 2 fully saturated rings. The van der Waals surface area contributed by atoms with Crippen molar-refractivity contribution in [2.24, 2.45) is 0 Å². The van der Waals surface area contributed by atoms with Gasteiger partial charge in [-0.1, -0.05) is 48.5 Å². The number of aliphatic hydroxyl groups is 2. The fraction of sp³-hybridized carbons (Fsp3) is 0.429. The maximum Gasteiger partial charge on any atom is 0.268 e. The van der Waals surface area contributed by atoms with Crippen molar-refractivity contribution >= 4 is 35.4 Å². The van der Waals surface area contributed by atoms with Crippen molar-refractivity contribution in [1.82, 2.24) is 31.1 Å². The molecule has 7 atom stereocenters. The molecular formula is C35H44N6O9. The average Bonchev–Trinajstić information content (AvgIpc) is 3.08. The van der Waals surface area contributed by atoms with Crippen molar-refractivity contribution < 1.29 is 44.1 Å². The van der Waals surface area contributed by atoms with Gasteiger partial charge in [-0.15, -0.1) is 0 Å². The lowest BCUT2D eigenvalue weighted by atomic mass is 9.95. The third-order valence-electron chi connectivity index (χ3n) is 8.87. The summed E-state index contributed by atoms with van der Waals surface area (Å²) in [7, 11) is 1.38. The molecule has 2 aliphatic heterocycles. The molecule has 0 radical (unpaired) electrons. The zero-order valence-corrected chi connectivity index (χ0v) is 28.3. The number of hydrogen-bond donors (Lipinski definition) is 7. The number of amides is 6. The van der Waals surface area contributed by atoms with E-state index in [1.54, 1.807) is 42.5 Å². The Balaban J connectivity index is 1.82. The molecule has 15 nitrogen and oxygen atoms in total. The molecule has 0 aromatic heterocycles. The molecule has 2 aromatic carbocycles. The van der Waals surface area contributed by atoms with Crippen molar-refractivity contribution in [2.45, 2.75) is 89.0 Å². The second-order valence-electron chi connectivity index (χ2n) is 12.5. The largest absolute Gasteiger partial charge is 0.508 e. The number of rotatable bonds is 5. The highest BCUT2D eigenvalue weighted by molar-refractivity contribution is 6.02. The van der Waals surface area contributed by atoms with Crippen LogP contribution in [0.25, 0.3) is 0 Å². The summed E-state index contributed by atoms with van der Waals surface area (Å²) in [5.74, 6) is -4.81. The molecule has 50 heavy (non-hydrogen) atoms. The highest BCUT2D eigenvalue weighted by atomic mass is 16.3. The summed E-state index contributed by atoms with van der Waals surface area (Å²) in [5, 5.41) is 41.3. The monoisotopic (exact) mass is 692 g/mol. The summed E-state index contributed by atoms with van der Waals surface area (Å²) in [4.78, 5) is 84.5. The van der Waals surface area contributed by atoms with Crippen molar-refractivity contribution in [2.75, 3.05) is 7.05 Å². The normalized spacial score (nSPS) is 27.4. The van der Waals surface area contributed by atoms with Crippen molar-refractivity contribution in [3.63, 3.8) is 0 Å². The zero-order valence-electron chi connectivity index (χ0n) is 28.3.